The lowest BCUT2D eigenvalue weighted by atomic mass is 9.68. The molecule has 5 aliphatic rings. The molecule has 0 spiro atoms. The second kappa shape index (κ2) is 6.29. The van der Waals surface area contributed by atoms with E-state index < -0.39 is 0 Å². The highest BCUT2D eigenvalue weighted by atomic mass is 16.2. The second-order valence-corrected chi connectivity index (χ2v) is 8.04. The first kappa shape index (κ1) is 15.2. The van der Waals surface area contributed by atoms with E-state index in [9.17, 15) is 9.59 Å². The normalized spacial score (nSPS) is 36.1. The predicted molar refractivity (Wildman–Crippen MR) is 88.5 cm³/mol. The molecule has 1 heterocycles. The Morgan fingerprint density at radius 3 is 2.61 bits per heavy atom. The van der Waals surface area contributed by atoms with Crippen LogP contribution in [0.4, 0.5) is 0 Å². The van der Waals surface area contributed by atoms with Crippen molar-refractivity contribution >= 4 is 11.8 Å². The molecular formula is C19H28N2O2. The molecule has 1 unspecified atom stereocenters. The monoisotopic (exact) mass is 316 g/mol. The summed E-state index contributed by atoms with van der Waals surface area (Å²) in [5.41, 5.74) is 0. The molecule has 0 aromatic carbocycles. The van der Waals surface area contributed by atoms with Crippen molar-refractivity contribution in [2.45, 2.75) is 44.9 Å². The number of allylic oxidation sites excluding steroid dienone is 2. The maximum atomic E-state index is 12.9. The molecule has 4 atom stereocenters. The summed E-state index contributed by atoms with van der Waals surface area (Å²) in [7, 11) is 0. The molecule has 1 N–H and O–H groups in total. The van der Waals surface area contributed by atoms with Gasteiger partial charge in [-0.15, -0.1) is 0 Å². The molecule has 2 saturated carbocycles. The molecule has 4 nitrogen and oxygen atoms in total. The van der Waals surface area contributed by atoms with E-state index in [0.29, 0.717) is 30.2 Å². The highest BCUT2D eigenvalue weighted by Gasteiger charge is 2.40. The first-order chi connectivity index (χ1) is 11.2. The van der Waals surface area contributed by atoms with Gasteiger partial charge in [0.2, 0.25) is 11.8 Å². The van der Waals surface area contributed by atoms with Crippen molar-refractivity contribution in [2.75, 3.05) is 19.6 Å². The molecule has 3 fully saturated rings. The summed E-state index contributed by atoms with van der Waals surface area (Å²) in [6.07, 6.45) is 12.4. The van der Waals surface area contributed by atoms with Crippen molar-refractivity contribution in [1.82, 2.24) is 10.2 Å². The Labute approximate surface area is 138 Å². The molecule has 5 rings (SSSR count). The van der Waals surface area contributed by atoms with E-state index in [1.807, 2.05) is 4.90 Å². The van der Waals surface area contributed by atoms with Gasteiger partial charge >= 0.3 is 0 Å². The van der Waals surface area contributed by atoms with Crippen LogP contribution in [0.15, 0.2) is 12.2 Å². The Balaban J connectivity index is 1.34. The summed E-state index contributed by atoms with van der Waals surface area (Å²) >= 11 is 0. The topological polar surface area (TPSA) is 49.4 Å². The van der Waals surface area contributed by atoms with E-state index in [1.165, 1.54) is 19.3 Å². The quantitative estimate of drug-likeness (QED) is 0.810. The van der Waals surface area contributed by atoms with Crippen molar-refractivity contribution in [2.24, 2.45) is 29.6 Å². The third kappa shape index (κ3) is 3.31. The summed E-state index contributed by atoms with van der Waals surface area (Å²) in [6, 6.07) is 0. The molecule has 0 aromatic heterocycles. The zero-order chi connectivity index (χ0) is 15.8. The van der Waals surface area contributed by atoms with E-state index in [4.69, 9.17) is 0 Å². The number of likely N-dealkylation sites (tertiary alicyclic amines) is 1. The van der Waals surface area contributed by atoms with Crippen molar-refractivity contribution in [1.29, 1.82) is 0 Å². The minimum Gasteiger partial charge on any atom is -0.356 e. The van der Waals surface area contributed by atoms with Crippen LogP contribution in [-0.2, 0) is 9.59 Å². The highest BCUT2D eigenvalue weighted by Crippen LogP contribution is 2.41. The second-order valence-electron chi connectivity index (χ2n) is 8.04. The Hall–Kier alpha value is -1.32. The number of carbonyl (C=O) groups is 2. The predicted octanol–water partition coefficient (Wildman–Crippen LogP) is 2.35. The smallest absolute Gasteiger partial charge is 0.226 e. The summed E-state index contributed by atoms with van der Waals surface area (Å²) < 4.78 is 0. The van der Waals surface area contributed by atoms with Gasteiger partial charge in [-0.2, -0.15) is 0 Å². The Kier molecular flexibility index (Phi) is 4.16. The molecule has 4 aliphatic carbocycles. The number of rotatable bonds is 4. The fourth-order valence-corrected chi connectivity index (χ4v) is 4.55. The standard InChI is InChI=1S/C19H28N2O2/c22-18(20-11-14-3-4-14)16-2-1-9-21(12-16)19(23)17-10-13-5-7-15(17)8-6-13/h5,7,13-17H,1-4,6,8-12H2,(H,20,22)/t13-,15+,16?,17-/m1/s1. The summed E-state index contributed by atoms with van der Waals surface area (Å²) in [6.45, 7) is 2.30. The number of hydrogen-bond donors (Lipinski definition) is 1. The summed E-state index contributed by atoms with van der Waals surface area (Å²) in [5, 5.41) is 3.09. The van der Waals surface area contributed by atoms with E-state index >= 15 is 0 Å². The van der Waals surface area contributed by atoms with E-state index in [0.717, 1.165) is 38.8 Å². The van der Waals surface area contributed by atoms with E-state index in [2.05, 4.69) is 17.5 Å². The zero-order valence-electron chi connectivity index (χ0n) is 13.9. The minimum atomic E-state index is 0.00256. The van der Waals surface area contributed by atoms with Gasteiger partial charge in [-0.3, -0.25) is 9.59 Å². The molecule has 1 saturated heterocycles. The van der Waals surface area contributed by atoms with Crippen LogP contribution in [0.5, 0.6) is 0 Å². The van der Waals surface area contributed by atoms with Crippen molar-refractivity contribution < 1.29 is 9.59 Å². The van der Waals surface area contributed by atoms with Crippen LogP contribution in [0.2, 0.25) is 0 Å². The van der Waals surface area contributed by atoms with Gasteiger partial charge in [0.1, 0.15) is 0 Å². The number of amides is 2. The number of fused-ring (bicyclic) bond motifs is 2. The first-order valence-electron chi connectivity index (χ1n) is 9.45. The van der Waals surface area contributed by atoms with Gasteiger partial charge in [0.05, 0.1) is 5.92 Å². The van der Waals surface area contributed by atoms with Crippen molar-refractivity contribution in [3.8, 4) is 0 Å². The lowest BCUT2D eigenvalue weighted by molar-refractivity contribution is -0.142. The Bertz CT molecular complexity index is 511. The first-order valence-corrected chi connectivity index (χ1v) is 9.45. The van der Waals surface area contributed by atoms with Crippen LogP contribution < -0.4 is 5.32 Å². The average molecular weight is 316 g/mol. The summed E-state index contributed by atoms with van der Waals surface area (Å²) in [5.74, 6) is 2.41. The third-order valence-corrected chi connectivity index (χ3v) is 6.26. The lowest BCUT2D eigenvalue weighted by Gasteiger charge is -2.41. The van der Waals surface area contributed by atoms with Crippen molar-refractivity contribution in [3.05, 3.63) is 12.2 Å². The minimum absolute atomic E-state index is 0.00256. The van der Waals surface area contributed by atoms with Gasteiger partial charge in [-0.1, -0.05) is 12.2 Å². The maximum absolute atomic E-state index is 12.9. The number of nitrogens with one attached hydrogen (secondary N) is 1. The largest absolute Gasteiger partial charge is 0.356 e. The molecule has 126 valence electrons. The third-order valence-electron chi connectivity index (χ3n) is 6.26. The molecule has 23 heavy (non-hydrogen) atoms. The van der Waals surface area contributed by atoms with E-state index in [1.54, 1.807) is 0 Å². The lowest BCUT2D eigenvalue weighted by Crippen LogP contribution is -2.49. The summed E-state index contributed by atoms with van der Waals surface area (Å²) in [4.78, 5) is 27.3. The van der Waals surface area contributed by atoms with Gasteiger partial charge in [0, 0.05) is 25.6 Å². The van der Waals surface area contributed by atoms with Crippen LogP contribution >= 0.6 is 0 Å². The number of nitrogens with zero attached hydrogens (tertiary/aromatic N) is 1. The number of piperidine rings is 1. The van der Waals surface area contributed by atoms with Gasteiger partial charge in [0.25, 0.3) is 0 Å². The molecule has 4 heteroatoms. The van der Waals surface area contributed by atoms with Crippen LogP contribution in [0.3, 0.4) is 0 Å². The van der Waals surface area contributed by atoms with Crippen LogP contribution in [-0.4, -0.2) is 36.3 Å². The van der Waals surface area contributed by atoms with Crippen molar-refractivity contribution in [3.63, 3.8) is 0 Å². The Morgan fingerprint density at radius 2 is 1.96 bits per heavy atom. The van der Waals surface area contributed by atoms with Crippen LogP contribution in [0.1, 0.15) is 44.9 Å². The van der Waals surface area contributed by atoms with Crippen LogP contribution in [0.25, 0.3) is 0 Å². The molecular weight excluding hydrogens is 288 g/mol. The van der Waals surface area contributed by atoms with Gasteiger partial charge in [-0.05, 0) is 62.7 Å². The van der Waals surface area contributed by atoms with E-state index in [-0.39, 0.29) is 17.7 Å². The molecule has 2 bridgehead atoms. The molecule has 0 radical (unpaired) electrons. The molecule has 2 amide bonds. The maximum Gasteiger partial charge on any atom is 0.226 e. The molecule has 1 aliphatic heterocycles. The van der Waals surface area contributed by atoms with Gasteiger partial charge in [-0.25, -0.2) is 0 Å². The zero-order valence-corrected chi connectivity index (χ0v) is 13.9. The van der Waals surface area contributed by atoms with Gasteiger partial charge < -0.3 is 10.2 Å². The fraction of sp³-hybridized carbons (Fsp3) is 0.789. The number of hydrogen-bond acceptors (Lipinski definition) is 2. The van der Waals surface area contributed by atoms with Gasteiger partial charge in [0.15, 0.2) is 0 Å². The Morgan fingerprint density at radius 1 is 1.09 bits per heavy atom. The van der Waals surface area contributed by atoms with Crippen LogP contribution in [0, 0.1) is 29.6 Å². The SMILES string of the molecule is O=C(NCC1CC1)C1CCCN(C(=O)[C@@H]2C[C@@H]3C=C[C@H]2CC3)C1. The number of carbonyl (C=O) groups excluding carboxylic acids is 2. The average Bonchev–Trinajstić information content (AvgIpc) is 3.44. The highest BCUT2D eigenvalue weighted by molar-refractivity contribution is 5.83. The molecule has 0 aromatic rings. The fourth-order valence-electron chi connectivity index (χ4n) is 4.55.